The number of carbonyl (C=O) groups excluding carboxylic acids is 2. The summed E-state index contributed by atoms with van der Waals surface area (Å²) in [5.74, 6) is -0.160. The SMILES string of the molecule is CN1C(=O)C(=C2SC(=O)N(c3cccc(Cl)c3)C2=S)c2ccccc21. The second kappa shape index (κ2) is 5.98. The number of nitrogens with zero attached hydrogens (tertiary/aromatic N) is 2. The summed E-state index contributed by atoms with van der Waals surface area (Å²) >= 11 is 12.5. The van der Waals surface area contributed by atoms with E-state index in [1.54, 1.807) is 36.2 Å². The number of para-hydroxylation sites is 1. The summed E-state index contributed by atoms with van der Waals surface area (Å²) in [5, 5.41) is 0.274. The second-order valence-corrected chi connectivity index (χ2v) is 7.36. The van der Waals surface area contributed by atoms with Crippen molar-refractivity contribution < 1.29 is 9.59 Å². The molecule has 2 aromatic rings. The summed E-state index contributed by atoms with van der Waals surface area (Å²) in [4.78, 5) is 29.1. The molecule has 1 saturated heterocycles. The number of fused-ring (bicyclic) bond motifs is 1. The van der Waals surface area contributed by atoms with E-state index in [1.165, 1.54) is 4.90 Å². The standard InChI is InChI=1S/C18H11ClN2O2S2/c1-20-13-8-3-2-7-12(13)14(16(20)22)15-17(24)21(18(23)25-15)11-6-4-5-10(19)9-11/h2-9H,1H3. The van der Waals surface area contributed by atoms with E-state index < -0.39 is 0 Å². The number of anilines is 2. The lowest BCUT2D eigenvalue weighted by Crippen LogP contribution is -2.27. The van der Waals surface area contributed by atoms with Crippen LogP contribution >= 0.6 is 35.6 Å². The van der Waals surface area contributed by atoms with E-state index in [1.807, 2.05) is 24.3 Å². The van der Waals surface area contributed by atoms with Crippen LogP contribution in [-0.4, -0.2) is 23.2 Å². The molecule has 2 amide bonds. The molecule has 0 radical (unpaired) electrons. The minimum absolute atomic E-state index is 0.160. The number of hydrogen-bond donors (Lipinski definition) is 0. The highest BCUT2D eigenvalue weighted by atomic mass is 35.5. The van der Waals surface area contributed by atoms with Crippen molar-refractivity contribution in [3.8, 4) is 0 Å². The van der Waals surface area contributed by atoms with Crippen molar-refractivity contribution in [3.63, 3.8) is 0 Å². The van der Waals surface area contributed by atoms with Crippen LogP contribution in [0.15, 0.2) is 53.4 Å². The maximum Gasteiger partial charge on any atom is 0.296 e. The Kier molecular flexibility index (Phi) is 3.91. The van der Waals surface area contributed by atoms with E-state index in [4.69, 9.17) is 23.8 Å². The maximum atomic E-state index is 12.7. The van der Waals surface area contributed by atoms with Gasteiger partial charge < -0.3 is 4.90 Å². The molecule has 0 spiro atoms. The third-order valence-corrected chi connectivity index (χ3v) is 5.83. The molecule has 2 aromatic carbocycles. The molecule has 25 heavy (non-hydrogen) atoms. The van der Waals surface area contributed by atoms with Crippen LogP contribution in [0.2, 0.25) is 5.02 Å². The van der Waals surface area contributed by atoms with Crippen LogP contribution in [0.5, 0.6) is 0 Å². The average molecular weight is 387 g/mol. The third-order valence-electron chi connectivity index (χ3n) is 4.12. The first kappa shape index (κ1) is 16.3. The Bertz CT molecular complexity index is 987. The predicted molar refractivity (Wildman–Crippen MR) is 106 cm³/mol. The molecule has 0 unspecified atom stereocenters. The number of amides is 2. The number of hydrogen-bond acceptors (Lipinski definition) is 4. The van der Waals surface area contributed by atoms with Gasteiger partial charge in [0.2, 0.25) is 0 Å². The van der Waals surface area contributed by atoms with Crippen LogP contribution < -0.4 is 9.80 Å². The molecule has 0 N–H and O–H groups in total. The molecule has 2 aliphatic rings. The molecule has 2 aliphatic heterocycles. The van der Waals surface area contributed by atoms with Gasteiger partial charge in [-0.2, -0.15) is 0 Å². The topological polar surface area (TPSA) is 40.6 Å². The molecule has 0 atom stereocenters. The van der Waals surface area contributed by atoms with Crippen LogP contribution in [0, 0.1) is 0 Å². The van der Waals surface area contributed by atoms with E-state index in [0.29, 0.717) is 26.2 Å². The normalized spacial score (nSPS) is 19.8. The van der Waals surface area contributed by atoms with Crippen molar-refractivity contribution in [1.82, 2.24) is 0 Å². The molecule has 0 aliphatic carbocycles. The minimum atomic E-state index is -0.241. The molecular weight excluding hydrogens is 376 g/mol. The zero-order valence-corrected chi connectivity index (χ0v) is 15.4. The van der Waals surface area contributed by atoms with Crippen LogP contribution in [0.25, 0.3) is 5.57 Å². The van der Waals surface area contributed by atoms with Crippen molar-refractivity contribution in [2.45, 2.75) is 0 Å². The highest BCUT2D eigenvalue weighted by Gasteiger charge is 2.40. The van der Waals surface area contributed by atoms with Crippen molar-refractivity contribution in [2.75, 3.05) is 16.8 Å². The summed E-state index contributed by atoms with van der Waals surface area (Å²) in [6.45, 7) is 0. The summed E-state index contributed by atoms with van der Waals surface area (Å²) < 4.78 is 0. The number of benzene rings is 2. The van der Waals surface area contributed by atoms with Crippen molar-refractivity contribution in [1.29, 1.82) is 0 Å². The lowest BCUT2D eigenvalue weighted by Gasteiger charge is -2.15. The minimum Gasteiger partial charge on any atom is -0.311 e. The largest absolute Gasteiger partial charge is 0.311 e. The molecule has 0 bridgehead atoms. The molecule has 0 saturated carbocycles. The van der Waals surface area contributed by atoms with Gasteiger partial charge in [0, 0.05) is 17.6 Å². The Morgan fingerprint density at radius 2 is 1.84 bits per heavy atom. The molecule has 7 heteroatoms. The van der Waals surface area contributed by atoms with Crippen molar-refractivity contribution in [2.24, 2.45) is 0 Å². The van der Waals surface area contributed by atoms with Crippen LogP contribution in [0.3, 0.4) is 0 Å². The second-order valence-electron chi connectivity index (χ2n) is 5.57. The van der Waals surface area contributed by atoms with Crippen molar-refractivity contribution in [3.05, 3.63) is 64.0 Å². The van der Waals surface area contributed by atoms with Gasteiger partial charge in [0.15, 0.2) is 0 Å². The number of carbonyl (C=O) groups is 2. The van der Waals surface area contributed by atoms with Crippen LogP contribution in [0.4, 0.5) is 16.2 Å². The van der Waals surface area contributed by atoms with Gasteiger partial charge in [-0.3, -0.25) is 14.5 Å². The smallest absolute Gasteiger partial charge is 0.296 e. The van der Waals surface area contributed by atoms with Gasteiger partial charge in [0.1, 0.15) is 4.99 Å². The Hall–Kier alpha value is -2.15. The molecule has 4 rings (SSSR count). The number of likely N-dealkylation sites (N-methyl/N-ethyl adjacent to an activating group) is 1. The predicted octanol–water partition coefficient (Wildman–Crippen LogP) is 4.73. The van der Waals surface area contributed by atoms with Crippen LogP contribution in [-0.2, 0) is 4.79 Å². The van der Waals surface area contributed by atoms with Gasteiger partial charge in [-0.05, 0) is 36.0 Å². The van der Waals surface area contributed by atoms with Crippen LogP contribution in [0.1, 0.15) is 5.56 Å². The van der Waals surface area contributed by atoms with Gasteiger partial charge in [0.05, 0.1) is 21.9 Å². The molecule has 0 aromatic heterocycles. The van der Waals surface area contributed by atoms with E-state index >= 15 is 0 Å². The molecule has 2 heterocycles. The van der Waals surface area contributed by atoms with E-state index in [9.17, 15) is 9.59 Å². The highest BCUT2D eigenvalue weighted by molar-refractivity contribution is 8.20. The lowest BCUT2D eigenvalue weighted by molar-refractivity contribution is -0.112. The van der Waals surface area contributed by atoms with E-state index in [0.717, 1.165) is 23.0 Å². The Morgan fingerprint density at radius 1 is 1.08 bits per heavy atom. The van der Waals surface area contributed by atoms with Gasteiger partial charge in [-0.15, -0.1) is 0 Å². The molecule has 124 valence electrons. The first-order valence-electron chi connectivity index (χ1n) is 7.42. The van der Waals surface area contributed by atoms with Gasteiger partial charge >= 0.3 is 0 Å². The summed E-state index contributed by atoms with van der Waals surface area (Å²) in [7, 11) is 1.72. The summed E-state index contributed by atoms with van der Waals surface area (Å²) in [6.07, 6.45) is 0. The first-order chi connectivity index (χ1) is 12.0. The average Bonchev–Trinajstić information content (AvgIpc) is 3.02. The van der Waals surface area contributed by atoms with Gasteiger partial charge in [0.25, 0.3) is 11.1 Å². The Morgan fingerprint density at radius 3 is 2.60 bits per heavy atom. The fourth-order valence-corrected chi connectivity index (χ4v) is 4.54. The van der Waals surface area contributed by atoms with Gasteiger partial charge in [-0.25, -0.2) is 0 Å². The number of thioether (sulfide) groups is 1. The van der Waals surface area contributed by atoms with Gasteiger partial charge in [-0.1, -0.05) is 48.1 Å². The lowest BCUT2D eigenvalue weighted by atomic mass is 10.1. The summed E-state index contributed by atoms with van der Waals surface area (Å²) in [5.41, 5.74) is 2.68. The summed E-state index contributed by atoms with van der Waals surface area (Å²) in [6, 6.07) is 14.4. The fraction of sp³-hybridized carbons (Fsp3) is 0.0556. The number of thiocarbonyl (C=S) groups is 1. The highest BCUT2D eigenvalue weighted by Crippen LogP contribution is 2.45. The zero-order chi connectivity index (χ0) is 17.7. The zero-order valence-electron chi connectivity index (χ0n) is 13.0. The number of halogens is 1. The first-order valence-corrected chi connectivity index (χ1v) is 9.03. The molecule has 4 nitrogen and oxygen atoms in total. The van der Waals surface area contributed by atoms with E-state index in [-0.39, 0.29) is 11.1 Å². The quantitative estimate of drug-likeness (QED) is 0.525. The third kappa shape index (κ3) is 2.49. The Labute approximate surface area is 159 Å². The fourth-order valence-electron chi connectivity index (χ4n) is 2.95. The molecule has 1 fully saturated rings. The monoisotopic (exact) mass is 386 g/mol. The molecular formula is C18H11ClN2O2S2. The van der Waals surface area contributed by atoms with E-state index in [2.05, 4.69) is 0 Å². The number of rotatable bonds is 1. The van der Waals surface area contributed by atoms with Crippen molar-refractivity contribution >= 4 is 68.7 Å². The Balaban J connectivity index is 1.85. The maximum absolute atomic E-state index is 12.7.